The molecule has 268 valence electrons. The van der Waals surface area contributed by atoms with Gasteiger partial charge in [0.1, 0.15) is 24.4 Å². The molecule has 0 unspecified atom stereocenters. The van der Waals surface area contributed by atoms with E-state index < -0.39 is 66.3 Å². The summed E-state index contributed by atoms with van der Waals surface area (Å²) in [4.78, 5) is 14.5. The smallest absolute Gasteiger partial charge is 0.315 e. The highest BCUT2D eigenvalue weighted by Gasteiger charge is 2.71. The number of allylic oxidation sites excluding steroid dienone is 2. The van der Waals surface area contributed by atoms with Gasteiger partial charge in [-0.25, -0.2) is 0 Å². The van der Waals surface area contributed by atoms with Crippen molar-refractivity contribution in [3.8, 4) is 0 Å². The molecule has 10 heteroatoms. The van der Waals surface area contributed by atoms with Crippen molar-refractivity contribution in [1.29, 1.82) is 0 Å². The largest absolute Gasteiger partial charge is 0.432 e. The molecule has 47 heavy (non-hydrogen) atoms. The Morgan fingerprint density at radius 3 is 2.19 bits per heavy atom. The molecule has 0 spiro atoms. The molecule has 4 saturated carbocycles. The molecule has 0 bridgehead atoms. The van der Waals surface area contributed by atoms with E-state index in [1.807, 2.05) is 6.92 Å². The van der Waals surface area contributed by atoms with E-state index in [0.717, 1.165) is 32.1 Å². The summed E-state index contributed by atoms with van der Waals surface area (Å²) in [6.07, 6.45) is -1.24. The molecule has 0 amide bonds. The van der Waals surface area contributed by atoms with Crippen molar-refractivity contribution >= 4 is 5.97 Å². The van der Waals surface area contributed by atoms with Crippen molar-refractivity contribution in [2.24, 2.45) is 56.2 Å². The summed E-state index contributed by atoms with van der Waals surface area (Å²) in [6.45, 7) is 15.0. The predicted molar refractivity (Wildman–Crippen MR) is 172 cm³/mol. The first-order valence-corrected chi connectivity index (χ1v) is 18.0. The molecule has 7 N–H and O–H groups in total. The minimum absolute atomic E-state index is 0.0510. The highest BCUT2D eigenvalue weighted by molar-refractivity contribution is 5.79. The average molecular weight is 665 g/mol. The standard InChI is InChI=1S/C37H60O10/c1-19-25-20-8-9-24-33(4)16-21(40)29(44)34(5,18-39)23(33)10-11-36(24,7)35(20,6)13-15-37(25,14-12-32(19,2)3)31(45)47-30-28(43)27(42)26(41)22(17-38)46-30/h8,19,21-30,38-44H,9-18H2,1-7H3/t19-,21-,22+,23-,24-,25+,26+,27-,28+,29+,30-,33+,34+,35-,36-,37+/m1/s1. The van der Waals surface area contributed by atoms with Crippen LogP contribution in [0.4, 0.5) is 0 Å². The van der Waals surface area contributed by atoms with Crippen LogP contribution in [0.15, 0.2) is 11.6 Å². The van der Waals surface area contributed by atoms with Gasteiger partial charge in [-0.15, -0.1) is 0 Å². The van der Waals surface area contributed by atoms with Crippen LogP contribution in [-0.4, -0.2) is 97.8 Å². The summed E-state index contributed by atoms with van der Waals surface area (Å²) >= 11 is 0. The minimum atomic E-state index is -1.66. The number of esters is 1. The molecule has 1 heterocycles. The zero-order chi connectivity index (χ0) is 34.7. The van der Waals surface area contributed by atoms with Gasteiger partial charge in [-0.3, -0.25) is 4.79 Å². The summed E-state index contributed by atoms with van der Waals surface area (Å²) in [6, 6.07) is 0. The topological polar surface area (TPSA) is 177 Å². The first-order chi connectivity index (χ1) is 21.8. The summed E-state index contributed by atoms with van der Waals surface area (Å²) in [7, 11) is 0. The Morgan fingerprint density at radius 2 is 1.55 bits per heavy atom. The Balaban J connectivity index is 1.39. The number of carbonyl (C=O) groups excluding carboxylic acids is 1. The number of ether oxygens (including phenoxy) is 2. The maximum Gasteiger partial charge on any atom is 0.315 e. The van der Waals surface area contributed by atoms with E-state index in [4.69, 9.17) is 9.47 Å². The second-order valence-electron chi connectivity index (χ2n) is 18.2. The number of aliphatic hydroxyl groups excluding tert-OH is 7. The van der Waals surface area contributed by atoms with Crippen molar-refractivity contribution in [3.05, 3.63) is 11.6 Å². The van der Waals surface area contributed by atoms with Crippen LogP contribution in [0.25, 0.3) is 0 Å². The molecule has 0 aromatic rings. The molecule has 10 nitrogen and oxygen atoms in total. The van der Waals surface area contributed by atoms with Crippen LogP contribution in [0.3, 0.4) is 0 Å². The van der Waals surface area contributed by atoms with Crippen molar-refractivity contribution in [3.63, 3.8) is 0 Å². The van der Waals surface area contributed by atoms with Gasteiger partial charge >= 0.3 is 5.97 Å². The number of fused-ring (bicyclic) bond motifs is 7. The van der Waals surface area contributed by atoms with Crippen LogP contribution in [0.1, 0.15) is 99.8 Å². The molecular weight excluding hydrogens is 604 g/mol. The summed E-state index contributed by atoms with van der Waals surface area (Å²) in [5, 5.41) is 74.0. The molecule has 5 aliphatic carbocycles. The third kappa shape index (κ3) is 4.68. The van der Waals surface area contributed by atoms with Crippen LogP contribution in [-0.2, 0) is 14.3 Å². The van der Waals surface area contributed by atoms with Gasteiger partial charge in [0.2, 0.25) is 6.29 Å². The molecule has 0 radical (unpaired) electrons. The zero-order valence-corrected chi connectivity index (χ0v) is 29.4. The second-order valence-corrected chi connectivity index (χ2v) is 18.2. The Labute approximate surface area is 279 Å². The maximum absolute atomic E-state index is 14.5. The molecular formula is C37H60O10. The van der Waals surface area contributed by atoms with E-state index in [-0.39, 0.29) is 51.9 Å². The van der Waals surface area contributed by atoms with Gasteiger partial charge in [-0.1, -0.05) is 60.1 Å². The fourth-order valence-corrected chi connectivity index (χ4v) is 12.5. The average Bonchev–Trinajstić information content (AvgIpc) is 3.02. The number of carbonyl (C=O) groups is 1. The lowest BCUT2D eigenvalue weighted by Gasteiger charge is -2.72. The molecule has 5 fully saturated rings. The summed E-state index contributed by atoms with van der Waals surface area (Å²) in [5.74, 6) is -0.217. The lowest BCUT2D eigenvalue weighted by molar-refractivity contribution is -0.298. The maximum atomic E-state index is 14.5. The van der Waals surface area contributed by atoms with E-state index in [1.54, 1.807) is 0 Å². The van der Waals surface area contributed by atoms with Gasteiger partial charge in [-0.05, 0) is 96.7 Å². The van der Waals surface area contributed by atoms with Gasteiger partial charge in [-0.2, -0.15) is 0 Å². The normalized spacial score (nSPS) is 55.4. The Kier molecular flexibility index (Phi) is 8.70. The Bertz CT molecular complexity index is 1270. The van der Waals surface area contributed by atoms with Crippen LogP contribution < -0.4 is 0 Å². The van der Waals surface area contributed by atoms with Crippen molar-refractivity contribution in [2.45, 2.75) is 143 Å². The SMILES string of the molecule is C[C@@H]1[C@H]2C3=CC[C@@H]4[C@@]5(C)C[C@@H](O)[C@H](O)[C@@](C)(CO)[C@@H]5CC[C@@]4(C)[C@]3(C)CC[C@@]2(C(=O)O[C@H]2O[C@@H](CO)[C@H](O)[C@@H](O)[C@@H]2O)CCC1(C)C. The third-order valence-corrected chi connectivity index (χ3v) is 16.0. The number of rotatable bonds is 4. The summed E-state index contributed by atoms with van der Waals surface area (Å²) < 4.78 is 11.6. The molecule has 0 aromatic heterocycles. The van der Waals surface area contributed by atoms with Gasteiger partial charge in [0.25, 0.3) is 0 Å². The first-order valence-electron chi connectivity index (χ1n) is 18.0. The van der Waals surface area contributed by atoms with Crippen molar-refractivity contribution in [1.82, 2.24) is 0 Å². The van der Waals surface area contributed by atoms with Crippen molar-refractivity contribution < 1.29 is 50.0 Å². The number of hydrogen-bond acceptors (Lipinski definition) is 10. The van der Waals surface area contributed by atoms with Gasteiger partial charge in [0.15, 0.2) is 0 Å². The predicted octanol–water partition coefficient (Wildman–Crippen LogP) is 2.68. The van der Waals surface area contributed by atoms with E-state index in [2.05, 4.69) is 47.6 Å². The van der Waals surface area contributed by atoms with Gasteiger partial charge in [0.05, 0.1) is 30.8 Å². The van der Waals surface area contributed by atoms with Crippen LogP contribution in [0, 0.1) is 56.2 Å². The highest BCUT2D eigenvalue weighted by atomic mass is 16.7. The lowest BCUT2D eigenvalue weighted by Crippen LogP contribution is -2.68. The van der Waals surface area contributed by atoms with Crippen molar-refractivity contribution in [2.75, 3.05) is 13.2 Å². The molecule has 6 rings (SSSR count). The van der Waals surface area contributed by atoms with Crippen LogP contribution >= 0.6 is 0 Å². The number of aliphatic hydroxyl groups is 7. The third-order valence-electron chi connectivity index (χ3n) is 16.0. The van der Waals surface area contributed by atoms with Gasteiger partial charge in [0, 0.05) is 5.41 Å². The van der Waals surface area contributed by atoms with Gasteiger partial charge < -0.3 is 45.2 Å². The van der Waals surface area contributed by atoms with Crippen LogP contribution in [0.2, 0.25) is 0 Å². The van der Waals surface area contributed by atoms with E-state index >= 15 is 0 Å². The van der Waals surface area contributed by atoms with E-state index in [9.17, 15) is 40.5 Å². The number of hydrogen-bond donors (Lipinski definition) is 7. The zero-order valence-electron chi connectivity index (χ0n) is 29.4. The highest BCUT2D eigenvalue weighted by Crippen LogP contribution is 2.76. The lowest BCUT2D eigenvalue weighted by atomic mass is 9.32. The fraction of sp³-hybridized carbons (Fsp3) is 0.919. The molecule has 0 aromatic carbocycles. The van der Waals surface area contributed by atoms with E-state index in [0.29, 0.717) is 19.3 Å². The molecule has 6 aliphatic rings. The first kappa shape index (κ1) is 35.7. The monoisotopic (exact) mass is 664 g/mol. The summed E-state index contributed by atoms with van der Waals surface area (Å²) in [5.41, 5.74) is -1.14. The minimum Gasteiger partial charge on any atom is -0.432 e. The fourth-order valence-electron chi connectivity index (χ4n) is 12.5. The molecule has 1 aliphatic heterocycles. The Morgan fingerprint density at radius 1 is 0.894 bits per heavy atom. The van der Waals surface area contributed by atoms with E-state index in [1.165, 1.54) is 5.57 Å². The molecule has 16 atom stereocenters. The quantitative estimate of drug-likeness (QED) is 0.175. The van der Waals surface area contributed by atoms with Crippen LogP contribution in [0.5, 0.6) is 0 Å². The Hall–Kier alpha value is -1.11. The molecule has 1 saturated heterocycles. The second kappa shape index (κ2) is 11.5.